The van der Waals surface area contributed by atoms with Gasteiger partial charge in [-0.1, -0.05) is 0 Å². The third kappa shape index (κ3) is 1.48. The molecule has 3 nitrogen and oxygen atoms in total. The third-order valence-electron chi connectivity index (χ3n) is 1.89. The van der Waals surface area contributed by atoms with E-state index in [4.69, 9.17) is 4.74 Å². The highest BCUT2D eigenvalue weighted by Crippen LogP contribution is 2.33. The molecule has 1 aliphatic heterocycles. The third-order valence-corrected chi connectivity index (χ3v) is 2.45. The molecule has 1 aliphatic rings. The number of hydrogen-bond acceptors (Lipinski definition) is 3. The minimum absolute atomic E-state index is 0.166. The number of ether oxygens (including phenoxy) is 1. The van der Waals surface area contributed by atoms with Gasteiger partial charge in [-0.3, -0.25) is 0 Å². The molecule has 0 bridgehead atoms. The number of pyridine rings is 1. The van der Waals surface area contributed by atoms with Gasteiger partial charge in [-0.25, -0.2) is 9.37 Å². The molecular formula is C9H8BrFN2O. The van der Waals surface area contributed by atoms with Gasteiger partial charge < -0.3 is 9.64 Å². The first-order chi connectivity index (χ1) is 6.58. The molecule has 2 rings (SSSR count). The van der Waals surface area contributed by atoms with Crippen molar-refractivity contribution >= 4 is 21.6 Å². The van der Waals surface area contributed by atoms with Crippen molar-refractivity contribution in [3.8, 4) is 5.88 Å². The SMILES string of the molecule is CC1=CN(C)c2cc(F)c(Br)nc2O1. The molecule has 1 aromatic heterocycles. The average Bonchev–Trinajstić information content (AvgIpc) is 2.08. The Morgan fingerprint density at radius 1 is 1.57 bits per heavy atom. The van der Waals surface area contributed by atoms with Gasteiger partial charge in [0.2, 0.25) is 5.88 Å². The average molecular weight is 259 g/mol. The summed E-state index contributed by atoms with van der Waals surface area (Å²) in [7, 11) is 1.82. The molecule has 0 atom stereocenters. The van der Waals surface area contributed by atoms with Crippen LogP contribution < -0.4 is 9.64 Å². The van der Waals surface area contributed by atoms with Crippen LogP contribution in [0.3, 0.4) is 0 Å². The van der Waals surface area contributed by atoms with E-state index in [1.54, 1.807) is 11.1 Å². The summed E-state index contributed by atoms with van der Waals surface area (Å²) in [6.07, 6.45) is 1.78. The van der Waals surface area contributed by atoms with Gasteiger partial charge in [0.25, 0.3) is 0 Å². The Morgan fingerprint density at radius 2 is 2.29 bits per heavy atom. The van der Waals surface area contributed by atoms with E-state index in [1.807, 2.05) is 14.0 Å². The number of anilines is 1. The normalized spacial score (nSPS) is 14.6. The summed E-state index contributed by atoms with van der Waals surface area (Å²) < 4.78 is 18.7. The lowest BCUT2D eigenvalue weighted by atomic mass is 10.3. The largest absolute Gasteiger partial charge is 0.440 e. The predicted molar refractivity (Wildman–Crippen MR) is 54.7 cm³/mol. The Kier molecular flexibility index (Phi) is 2.19. The fourth-order valence-corrected chi connectivity index (χ4v) is 1.57. The number of fused-ring (bicyclic) bond motifs is 1. The molecular weight excluding hydrogens is 251 g/mol. The van der Waals surface area contributed by atoms with Crippen LogP contribution in [0.4, 0.5) is 10.1 Å². The van der Waals surface area contributed by atoms with Gasteiger partial charge in [0.1, 0.15) is 16.0 Å². The van der Waals surface area contributed by atoms with Crippen molar-refractivity contribution in [3.63, 3.8) is 0 Å². The molecule has 0 N–H and O–H groups in total. The van der Waals surface area contributed by atoms with E-state index in [9.17, 15) is 4.39 Å². The van der Waals surface area contributed by atoms with Crippen molar-refractivity contribution < 1.29 is 9.13 Å². The summed E-state index contributed by atoms with van der Waals surface area (Å²) in [4.78, 5) is 5.73. The molecule has 0 unspecified atom stereocenters. The predicted octanol–water partition coefficient (Wildman–Crippen LogP) is 2.67. The zero-order valence-corrected chi connectivity index (χ0v) is 9.30. The maximum absolute atomic E-state index is 13.2. The zero-order valence-electron chi connectivity index (χ0n) is 7.71. The molecule has 0 radical (unpaired) electrons. The van der Waals surface area contributed by atoms with Crippen molar-refractivity contribution in [3.05, 3.63) is 28.4 Å². The van der Waals surface area contributed by atoms with Crippen LogP contribution >= 0.6 is 15.9 Å². The summed E-state index contributed by atoms with van der Waals surface area (Å²) >= 11 is 3.01. The monoisotopic (exact) mass is 258 g/mol. The quantitative estimate of drug-likeness (QED) is 0.670. The second-order valence-electron chi connectivity index (χ2n) is 3.04. The van der Waals surface area contributed by atoms with Crippen LogP contribution in [0.15, 0.2) is 22.6 Å². The Hall–Kier alpha value is -1.10. The second kappa shape index (κ2) is 3.24. The lowest BCUT2D eigenvalue weighted by Gasteiger charge is -2.23. The fraction of sp³-hybridized carbons (Fsp3) is 0.222. The van der Waals surface area contributed by atoms with E-state index in [1.165, 1.54) is 6.07 Å². The van der Waals surface area contributed by atoms with Crippen LogP contribution in [0.5, 0.6) is 5.88 Å². The van der Waals surface area contributed by atoms with E-state index in [2.05, 4.69) is 20.9 Å². The molecule has 0 fully saturated rings. The molecule has 0 saturated heterocycles. The van der Waals surface area contributed by atoms with Gasteiger partial charge in [0.05, 0.1) is 0 Å². The molecule has 1 aromatic rings. The number of hydrogen-bond donors (Lipinski definition) is 0. The first-order valence-corrected chi connectivity index (χ1v) is 4.82. The molecule has 14 heavy (non-hydrogen) atoms. The van der Waals surface area contributed by atoms with E-state index in [-0.39, 0.29) is 4.60 Å². The van der Waals surface area contributed by atoms with E-state index in [0.717, 1.165) is 5.76 Å². The van der Waals surface area contributed by atoms with Gasteiger partial charge in [-0.2, -0.15) is 0 Å². The van der Waals surface area contributed by atoms with Gasteiger partial charge in [-0.05, 0) is 22.9 Å². The maximum Gasteiger partial charge on any atom is 0.244 e. The van der Waals surface area contributed by atoms with E-state index >= 15 is 0 Å². The first-order valence-electron chi connectivity index (χ1n) is 4.03. The lowest BCUT2D eigenvalue weighted by Crippen LogP contribution is -2.17. The molecule has 2 heterocycles. The molecule has 0 spiro atoms. The minimum atomic E-state index is -0.396. The summed E-state index contributed by atoms with van der Waals surface area (Å²) in [5.74, 6) is 0.749. The summed E-state index contributed by atoms with van der Waals surface area (Å²) in [6.45, 7) is 1.82. The number of aromatic nitrogens is 1. The van der Waals surface area contributed by atoms with Gasteiger partial charge in [0, 0.05) is 19.3 Å². The number of halogens is 2. The summed E-state index contributed by atoms with van der Waals surface area (Å²) in [5.41, 5.74) is 0.622. The Balaban J connectivity index is 2.55. The number of nitrogens with zero attached hydrogens (tertiary/aromatic N) is 2. The van der Waals surface area contributed by atoms with Crippen LogP contribution in [-0.2, 0) is 0 Å². The summed E-state index contributed by atoms with van der Waals surface area (Å²) in [5, 5.41) is 0. The van der Waals surface area contributed by atoms with E-state index in [0.29, 0.717) is 11.6 Å². The van der Waals surface area contributed by atoms with Crippen LogP contribution in [0.1, 0.15) is 6.92 Å². The lowest BCUT2D eigenvalue weighted by molar-refractivity contribution is 0.398. The van der Waals surface area contributed by atoms with Crippen LogP contribution in [-0.4, -0.2) is 12.0 Å². The number of allylic oxidation sites excluding steroid dienone is 1. The Labute approximate surface area is 89.3 Å². The molecule has 0 amide bonds. The Bertz CT molecular complexity index is 420. The van der Waals surface area contributed by atoms with Crippen molar-refractivity contribution in [2.24, 2.45) is 0 Å². The van der Waals surface area contributed by atoms with E-state index < -0.39 is 5.82 Å². The summed E-state index contributed by atoms with van der Waals surface area (Å²) in [6, 6.07) is 1.38. The topological polar surface area (TPSA) is 25.4 Å². The molecule has 0 aliphatic carbocycles. The fourth-order valence-electron chi connectivity index (χ4n) is 1.29. The highest BCUT2D eigenvalue weighted by atomic mass is 79.9. The van der Waals surface area contributed by atoms with Crippen molar-refractivity contribution in [2.45, 2.75) is 6.92 Å². The smallest absolute Gasteiger partial charge is 0.244 e. The Morgan fingerprint density at radius 3 is 3.00 bits per heavy atom. The van der Waals surface area contributed by atoms with Gasteiger partial charge >= 0.3 is 0 Å². The van der Waals surface area contributed by atoms with Crippen LogP contribution in [0, 0.1) is 5.82 Å². The van der Waals surface area contributed by atoms with Crippen LogP contribution in [0.25, 0.3) is 0 Å². The first kappa shape index (κ1) is 9.45. The van der Waals surface area contributed by atoms with Gasteiger partial charge in [-0.15, -0.1) is 0 Å². The van der Waals surface area contributed by atoms with Crippen molar-refractivity contribution in [1.29, 1.82) is 0 Å². The standard InChI is InChI=1S/C9H8BrFN2O/c1-5-4-13(2)7-3-6(11)8(10)12-9(7)14-5/h3-4H,1-2H3. The molecule has 0 saturated carbocycles. The van der Waals surface area contributed by atoms with Crippen molar-refractivity contribution in [1.82, 2.24) is 4.98 Å². The number of rotatable bonds is 0. The molecule has 74 valence electrons. The minimum Gasteiger partial charge on any atom is -0.440 e. The molecule has 0 aromatic carbocycles. The highest BCUT2D eigenvalue weighted by molar-refractivity contribution is 9.10. The van der Waals surface area contributed by atoms with Crippen LogP contribution in [0.2, 0.25) is 0 Å². The highest BCUT2D eigenvalue weighted by Gasteiger charge is 2.18. The second-order valence-corrected chi connectivity index (χ2v) is 3.79. The van der Waals surface area contributed by atoms with Crippen molar-refractivity contribution in [2.75, 3.05) is 11.9 Å². The maximum atomic E-state index is 13.2. The van der Waals surface area contributed by atoms with Gasteiger partial charge in [0.15, 0.2) is 5.82 Å². The zero-order chi connectivity index (χ0) is 10.3. The molecule has 5 heteroatoms.